The summed E-state index contributed by atoms with van der Waals surface area (Å²) in [6.45, 7) is -1.21. The fourth-order valence-corrected chi connectivity index (χ4v) is 3.29. The molecule has 0 aliphatic rings. The SMILES string of the molecule is COc1cc(C=C(C#N)S(=O)(=O)c2ccc(C)cc2)ccc1OC(F)F. The molecule has 0 heterocycles. The highest BCUT2D eigenvalue weighted by Gasteiger charge is 2.21. The van der Waals surface area contributed by atoms with Crippen molar-refractivity contribution in [3.05, 3.63) is 58.5 Å². The molecule has 0 radical (unpaired) electrons. The zero-order valence-corrected chi connectivity index (χ0v) is 14.8. The molecule has 0 aromatic heterocycles. The van der Waals surface area contributed by atoms with E-state index in [1.165, 1.54) is 37.4 Å². The quantitative estimate of drug-likeness (QED) is 0.711. The lowest BCUT2D eigenvalue weighted by Gasteiger charge is -2.10. The minimum atomic E-state index is -4.01. The molecule has 5 nitrogen and oxygen atoms in total. The van der Waals surface area contributed by atoms with Crippen molar-refractivity contribution < 1.29 is 26.7 Å². The van der Waals surface area contributed by atoms with Crippen LogP contribution in [0.4, 0.5) is 8.78 Å². The van der Waals surface area contributed by atoms with Crippen molar-refractivity contribution in [3.63, 3.8) is 0 Å². The van der Waals surface area contributed by atoms with Crippen LogP contribution in [-0.4, -0.2) is 22.1 Å². The molecule has 2 aromatic rings. The van der Waals surface area contributed by atoms with Crippen LogP contribution in [0, 0.1) is 18.3 Å². The fourth-order valence-electron chi connectivity index (χ4n) is 2.13. The fraction of sp³-hybridized carbons (Fsp3) is 0.167. The molecule has 0 spiro atoms. The Labute approximate surface area is 150 Å². The van der Waals surface area contributed by atoms with E-state index in [4.69, 9.17) is 4.74 Å². The molecule has 0 aliphatic carbocycles. The van der Waals surface area contributed by atoms with Gasteiger partial charge in [-0.25, -0.2) is 8.42 Å². The average molecular weight is 379 g/mol. The second-order valence-corrected chi connectivity index (χ2v) is 7.14. The number of methoxy groups -OCH3 is 1. The number of alkyl halides is 2. The van der Waals surface area contributed by atoms with Gasteiger partial charge in [0.25, 0.3) is 0 Å². The Hall–Kier alpha value is -2.92. The van der Waals surface area contributed by atoms with Gasteiger partial charge in [-0.2, -0.15) is 14.0 Å². The molecule has 2 aromatic carbocycles. The van der Waals surface area contributed by atoms with Crippen LogP contribution in [0.25, 0.3) is 6.08 Å². The zero-order valence-electron chi connectivity index (χ0n) is 13.9. The molecule has 0 unspecified atom stereocenters. The van der Waals surface area contributed by atoms with Crippen molar-refractivity contribution in [2.75, 3.05) is 7.11 Å². The van der Waals surface area contributed by atoms with E-state index in [2.05, 4.69) is 4.74 Å². The van der Waals surface area contributed by atoms with Gasteiger partial charge in [-0.05, 0) is 42.8 Å². The first-order valence-corrected chi connectivity index (χ1v) is 8.82. The number of benzene rings is 2. The Kier molecular flexibility index (Phi) is 5.95. The Bertz CT molecular complexity index is 962. The predicted molar refractivity (Wildman–Crippen MR) is 91.6 cm³/mol. The minimum Gasteiger partial charge on any atom is -0.493 e. The van der Waals surface area contributed by atoms with E-state index < -0.39 is 21.4 Å². The summed E-state index contributed by atoms with van der Waals surface area (Å²) in [4.78, 5) is -0.494. The minimum absolute atomic E-state index is 0.0101. The van der Waals surface area contributed by atoms with Gasteiger partial charge in [0.05, 0.1) is 12.0 Å². The van der Waals surface area contributed by atoms with E-state index in [-0.39, 0.29) is 22.0 Å². The summed E-state index contributed by atoms with van der Waals surface area (Å²) in [7, 11) is -2.75. The van der Waals surface area contributed by atoms with Crippen LogP contribution in [0.2, 0.25) is 0 Å². The van der Waals surface area contributed by atoms with Crippen molar-refractivity contribution in [1.82, 2.24) is 0 Å². The van der Waals surface area contributed by atoms with Crippen LogP contribution in [0.1, 0.15) is 11.1 Å². The molecule has 0 aliphatic heterocycles. The average Bonchev–Trinajstić information content (AvgIpc) is 2.60. The van der Waals surface area contributed by atoms with E-state index in [0.29, 0.717) is 0 Å². The van der Waals surface area contributed by atoms with Gasteiger partial charge in [-0.1, -0.05) is 23.8 Å². The molecule has 0 saturated carbocycles. The molecule has 0 fully saturated rings. The van der Waals surface area contributed by atoms with Crippen LogP contribution in [-0.2, 0) is 9.84 Å². The lowest BCUT2D eigenvalue weighted by molar-refractivity contribution is -0.0512. The molecule has 0 saturated heterocycles. The van der Waals surface area contributed by atoms with E-state index in [9.17, 15) is 22.5 Å². The lowest BCUT2D eigenvalue weighted by Crippen LogP contribution is -2.04. The van der Waals surface area contributed by atoms with Crippen molar-refractivity contribution >= 4 is 15.9 Å². The highest BCUT2D eigenvalue weighted by molar-refractivity contribution is 7.95. The Balaban J connectivity index is 2.45. The maximum absolute atomic E-state index is 12.6. The normalized spacial score (nSPS) is 11.9. The summed E-state index contributed by atoms with van der Waals surface area (Å²) in [5, 5.41) is 9.29. The maximum Gasteiger partial charge on any atom is 0.387 e. The summed E-state index contributed by atoms with van der Waals surface area (Å²) >= 11 is 0. The molecule has 0 bridgehead atoms. The number of nitriles is 1. The number of nitrogens with zero attached hydrogens (tertiary/aromatic N) is 1. The summed E-state index contributed by atoms with van der Waals surface area (Å²) < 4.78 is 59.2. The predicted octanol–water partition coefficient (Wildman–Crippen LogP) is 3.94. The second kappa shape index (κ2) is 7.97. The number of halogens is 2. The topological polar surface area (TPSA) is 76.4 Å². The molecule has 26 heavy (non-hydrogen) atoms. The number of allylic oxidation sites excluding steroid dienone is 1. The summed E-state index contributed by atoms with van der Waals surface area (Å²) in [5.74, 6) is -0.205. The van der Waals surface area contributed by atoms with Gasteiger partial charge in [0, 0.05) is 0 Å². The van der Waals surface area contributed by atoms with Gasteiger partial charge in [-0.15, -0.1) is 0 Å². The molecule has 0 atom stereocenters. The second-order valence-electron chi connectivity index (χ2n) is 5.23. The van der Waals surface area contributed by atoms with Crippen molar-refractivity contribution in [2.45, 2.75) is 18.4 Å². The van der Waals surface area contributed by atoms with E-state index in [1.54, 1.807) is 18.2 Å². The summed E-state index contributed by atoms with van der Waals surface area (Å²) in [5.41, 5.74) is 1.17. The lowest BCUT2D eigenvalue weighted by atomic mass is 10.2. The summed E-state index contributed by atoms with van der Waals surface area (Å²) in [6, 6.07) is 11.6. The monoisotopic (exact) mass is 379 g/mol. The van der Waals surface area contributed by atoms with Crippen LogP contribution in [0.3, 0.4) is 0 Å². The Morgan fingerprint density at radius 3 is 2.35 bits per heavy atom. The zero-order chi connectivity index (χ0) is 19.3. The third kappa shape index (κ3) is 4.37. The number of rotatable bonds is 6. The van der Waals surface area contributed by atoms with Gasteiger partial charge < -0.3 is 9.47 Å². The van der Waals surface area contributed by atoms with E-state index in [0.717, 1.165) is 11.6 Å². The van der Waals surface area contributed by atoms with E-state index >= 15 is 0 Å². The van der Waals surface area contributed by atoms with Gasteiger partial charge >= 0.3 is 6.61 Å². The van der Waals surface area contributed by atoms with Crippen LogP contribution in [0.15, 0.2) is 52.3 Å². The third-order valence-corrected chi connectivity index (χ3v) is 5.11. The standard InChI is InChI=1S/C18H15F2NO4S/c1-12-3-6-14(7-4-12)26(22,23)15(11-21)9-13-5-8-16(25-18(19)20)17(10-13)24-2/h3-10,18H,1-2H3. The van der Waals surface area contributed by atoms with Gasteiger partial charge in [0.2, 0.25) is 9.84 Å². The Morgan fingerprint density at radius 1 is 1.15 bits per heavy atom. The first kappa shape index (κ1) is 19.4. The molecule has 0 amide bonds. The number of aryl methyl sites for hydroxylation is 1. The number of sulfone groups is 1. The smallest absolute Gasteiger partial charge is 0.387 e. The van der Waals surface area contributed by atoms with Crippen LogP contribution in [0.5, 0.6) is 11.5 Å². The van der Waals surface area contributed by atoms with Crippen molar-refractivity contribution in [2.24, 2.45) is 0 Å². The van der Waals surface area contributed by atoms with E-state index in [1.807, 2.05) is 6.92 Å². The third-order valence-electron chi connectivity index (χ3n) is 3.43. The van der Waals surface area contributed by atoms with Crippen LogP contribution >= 0.6 is 0 Å². The largest absolute Gasteiger partial charge is 0.493 e. The number of hydrogen-bond donors (Lipinski definition) is 0. The maximum atomic E-state index is 12.6. The molecular formula is C18H15F2NO4S. The van der Waals surface area contributed by atoms with Gasteiger partial charge in [0.15, 0.2) is 11.5 Å². The van der Waals surface area contributed by atoms with Gasteiger partial charge in [0.1, 0.15) is 11.0 Å². The van der Waals surface area contributed by atoms with Crippen LogP contribution < -0.4 is 9.47 Å². The molecular weight excluding hydrogens is 364 g/mol. The first-order chi connectivity index (χ1) is 12.3. The molecule has 0 N–H and O–H groups in total. The highest BCUT2D eigenvalue weighted by Crippen LogP contribution is 2.31. The summed E-state index contributed by atoms with van der Waals surface area (Å²) in [6.07, 6.45) is 1.14. The molecule has 136 valence electrons. The number of ether oxygens (including phenoxy) is 2. The Morgan fingerprint density at radius 2 is 1.81 bits per heavy atom. The molecule has 8 heteroatoms. The number of hydrogen-bond acceptors (Lipinski definition) is 5. The molecule has 2 rings (SSSR count). The van der Waals surface area contributed by atoms with Crippen molar-refractivity contribution in [3.8, 4) is 17.6 Å². The van der Waals surface area contributed by atoms with Gasteiger partial charge in [-0.3, -0.25) is 0 Å². The first-order valence-electron chi connectivity index (χ1n) is 7.34. The van der Waals surface area contributed by atoms with Crippen molar-refractivity contribution in [1.29, 1.82) is 5.26 Å². The highest BCUT2D eigenvalue weighted by atomic mass is 32.2.